The number of rotatable bonds is 6. The van der Waals surface area contributed by atoms with E-state index in [9.17, 15) is 0 Å². The minimum atomic E-state index is 0.527. The van der Waals surface area contributed by atoms with Gasteiger partial charge in [0.25, 0.3) is 0 Å². The zero-order valence-corrected chi connectivity index (χ0v) is 12.5. The van der Waals surface area contributed by atoms with Crippen molar-refractivity contribution in [2.45, 2.75) is 32.4 Å². The van der Waals surface area contributed by atoms with Crippen LogP contribution in [-0.2, 0) is 13.0 Å². The van der Waals surface area contributed by atoms with Crippen LogP contribution in [0.25, 0.3) is 0 Å². The van der Waals surface area contributed by atoms with Crippen LogP contribution in [0.3, 0.4) is 0 Å². The maximum absolute atomic E-state index is 4.98. The molecule has 1 fully saturated rings. The lowest BCUT2D eigenvalue weighted by atomic mass is 10.1. The van der Waals surface area contributed by atoms with Crippen molar-refractivity contribution < 1.29 is 4.52 Å². The first-order chi connectivity index (χ1) is 10.3. The van der Waals surface area contributed by atoms with Crippen LogP contribution in [0.2, 0.25) is 0 Å². The quantitative estimate of drug-likeness (QED) is 0.877. The summed E-state index contributed by atoms with van der Waals surface area (Å²) in [7, 11) is 0. The molecular weight excluding hydrogens is 264 g/mol. The first-order valence-corrected chi connectivity index (χ1v) is 7.58. The highest BCUT2D eigenvalue weighted by atomic mass is 16.5. The van der Waals surface area contributed by atoms with E-state index in [0.29, 0.717) is 18.5 Å². The third-order valence-electron chi connectivity index (χ3n) is 3.95. The molecule has 2 heterocycles. The van der Waals surface area contributed by atoms with E-state index in [4.69, 9.17) is 4.52 Å². The number of aromatic nitrogens is 2. The van der Waals surface area contributed by atoms with Crippen molar-refractivity contribution in [1.29, 1.82) is 0 Å². The van der Waals surface area contributed by atoms with Gasteiger partial charge in [-0.05, 0) is 24.9 Å². The topological polar surface area (TPSA) is 54.2 Å². The molecule has 1 saturated heterocycles. The fourth-order valence-electron chi connectivity index (χ4n) is 2.78. The van der Waals surface area contributed by atoms with Crippen LogP contribution in [0.1, 0.15) is 23.7 Å². The summed E-state index contributed by atoms with van der Waals surface area (Å²) in [5.74, 6) is 1.37. The van der Waals surface area contributed by atoms with Crippen molar-refractivity contribution in [2.75, 3.05) is 19.6 Å². The van der Waals surface area contributed by atoms with Crippen LogP contribution in [-0.4, -0.2) is 40.7 Å². The Morgan fingerprint density at radius 3 is 2.95 bits per heavy atom. The third-order valence-corrected chi connectivity index (χ3v) is 3.95. The summed E-state index contributed by atoms with van der Waals surface area (Å²) >= 11 is 0. The Bertz CT molecular complexity index is 554. The molecule has 1 unspecified atom stereocenters. The largest absolute Gasteiger partial charge is 0.340 e. The molecule has 0 saturated carbocycles. The molecular formula is C16H22N4O. The number of hydrogen-bond acceptors (Lipinski definition) is 5. The van der Waals surface area contributed by atoms with E-state index in [-0.39, 0.29) is 0 Å². The van der Waals surface area contributed by atoms with Crippen molar-refractivity contribution in [1.82, 2.24) is 20.4 Å². The van der Waals surface area contributed by atoms with Gasteiger partial charge in [0.1, 0.15) is 0 Å². The van der Waals surface area contributed by atoms with Crippen molar-refractivity contribution in [3.8, 4) is 0 Å². The summed E-state index contributed by atoms with van der Waals surface area (Å²) in [5, 5.41) is 7.42. The van der Waals surface area contributed by atoms with Crippen LogP contribution in [0.15, 0.2) is 34.9 Å². The maximum Gasteiger partial charge on any atom is 0.223 e. The first-order valence-electron chi connectivity index (χ1n) is 7.58. The summed E-state index contributed by atoms with van der Waals surface area (Å²) in [6.07, 6.45) is 2.31. The average molecular weight is 286 g/mol. The van der Waals surface area contributed by atoms with Gasteiger partial charge in [-0.25, -0.2) is 0 Å². The van der Waals surface area contributed by atoms with Crippen molar-refractivity contribution >= 4 is 0 Å². The number of hydrogen-bond donors (Lipinski definition) is 1. The van der Waals surface area contributed by atoms with E-state index in [0.717, 1.165) is 31.9 Å². The van der Waals surface area contributed by atoms with E-state index in [2.05, 4.69) is 50.7 Å². The van der Waals surface area contributed by atoms with Crippen LogP contribution >= 0.6 is 0 Å². The molecule has 2 aromatic rings. The lowest BCUT2D eigenvalue weighted by molar-refractivity contribution is 0.330. The number of benzene rings is 1. The van der Waals surface area contributed by atoms with Gasteiger partial charge in [0.2, 0.25) is 5.89 Å². The summed E-state index contributed by atoms with van der Waals surface area (Å²) in [6, 6.07) is 11.2. The maximum atomic E-state index is 4.98. The molecule has 21 heavy (non-hydrogen) atoms. The van der Waals surface area contributed by atoms with Gasteiger partial charge in [0, 0.05) is 26.1 Å². The molecule has 0 radical (unpaired) electrons. The summed E-state index contributed by atoms with van der Waals surface area (Å²) in [5.41, 5.74) is 1.41. The average Bonchev–Trinajstić information content (AvgIpc) is 3.13. The molecule has 1 aromatic heterocycles. The Morgan fingerprint density at radius 2 is 2.19 bits per heavy atom. The Morgan fingerprint density at radius 1 is 1.33 bits per heavy atom. The van der Waals surface area contributed by atoms with Crippen LogP contribution in [0.4, 0.5) is 0 Å². The Labute approximate surface area is 125 Å². The highest BCUT2D eigenvalue weighted by Gasteiger charge is 2.21. The minimum absolute atomic E-state index is 0.527. The molecule has 1 aliphatic rings. The Kier molecular flexibility index (Phi) is 4.62. The van der Waals surface area contributed by atoms with Gasteiger partial charge in [-0.2, -0.15) is 4.98 Å². The molecule has 1 aliphatic heterocycles. The van der Waals surface area contributed by atoms with Gasteiger partial charge in [0.15, 0.2) is 5.82 Å². The van der Waals surface area contributed by atoms with E-state index in [1.165, 1.54) is 12.0 Å². The normalized spacial score (nSPS) is 19.2. The fourth-order valence-corrected chi connectivity index (χ4v) is 2.78. The molecule has 3 rings (SSSR count). The predicted molar refractivity (Wildman–Crippen MR) is 80.9 cm³/mol. The SMILES string of the molecule is Cc1nc(CNC2CCN(CCc3ccccc3)C2)no1. The molecule has 1 N–H and O–H groups in total. The van der Waals surface area contributed by atoms with Gasteiger partial charge in [-0.1, -0.05) is 35.5 Å². The second kappa shape index (κ2) is 6.83. The molecule has 5 heteroatoms. The second-order valence-electron chi connectivity index (χ2n) is 5.63. The Hall–Kier alpha value is -1.72. The van der Waals surface area contributed by atoms with E-state index < -0.39 is 0 Å². The summed E-state index contributed by atoms with van der Waals surface area (Å²) < 4.78 is 4.98. The van der Waals surface area contributed by atoms with Gasteiger partial charge < -0.3 is 14.7 Å². The van der Waals surface area contributed by atoms with E-state index in [1.54, 1.807) is 0 Å². The van der Waals surface area contributed by atoms with Gasteiger partial charge in [-0.15, -0.1) is 0 Å². The monoisotopic (exact) mass is 286 g/mol. The Balaban J connectivity index is 1.39. The molecule has 0 aliphatic carbocycles. The highest BCUT2D eigenvalue weighted by Crippen LogP contribution is 2.11. The third kappa shape index (κ3) is 4.12. The zero-order valence-electron chi connectivity index (χ0n) is 12.5. The number of aryl methyl sites for hydroxylation is 1. The summed E-state index contributed by atoms with van der Waals surface area (Å²) in [4.78, 5) is 6.73. The lowest BCUT2D eigenvalue weighted by Crippen LogP contribution is -2.33. The van der Waals surface area contributed by atoms with Gasteiger partial charge in [-0.3, -0.25) is 0 Å². The van der Waals surface area contributed by atoms with E-state index in [1.807, 2.05) is 6.92 Å². The highest BCUT2D eigenvalue weighted by molar-refractivity contribution is 5.14. The molecule has 0 spiro atoms. The van der Waals surface area contributed by atoms with Gasteiger partial charge >= 0.3 is 0 Å². The van der Waals surface area contributed by atoms with Crippen LogP contribution in [0.5, 0.6) is 0 Å². The lowest BCUT2D eigenvalue weighted by Gasteiger charge is -2.16. The minimum Gasteiger partial charge on any atom is -0.340 e. The molecule has 1 aromatic carbocycles. The molecule has 112 valence electrons. The van der Waals surface area contributed by atoms with Gasteiger partial charge in [0.05, 0.1) is 6.54 Å². The summed E-state index contributed by atoms with van der Waals surface area (Å²) in [6.45, 7) is 5.90. The van der Waals surface area contributed by atoms with Crippen LogP contribution in [0, 0.1) is 6.92 Å². The molecule has 0 bridgehead atoms. The number of nitrogens with zero attached hydrogens (tertiary/aromatic N) is 3. The molecule has 5 nitrogen and oxygen atoms in total. The van der Waals surface area contributed by atoms with Crippen molar-refractivity contribution in [2.24, 2.45) is 0 Å². The predicted octanol–water partition coefficient (Wildman–Crippen LogP) is 1.78. The van der Waals surface area contributed by atoms with Crippen LogP contribution < -0.4 is 5.32 Å². The smallest absolute Gasteiger partial charge is 0.223 e. The number of likely N-dealkylation sites (tertiary alicyclic amines) is 1. The van der Waals surface area contributed by atoms with Crippen molar-refractivity contribution in [3.63, 3.8) is 0 Å². The molecule has 1 atom stereocenters. The van der Waals surface area contributed by atoms with Crippen molar-refractivity contribution in [3.05, 3.63) is 47.6 Å². The fraction of sp³-hybridized carbons (Fsp3) is 0.500. The zero-order chi connectivity index (χ0) is 14.5. The standard InChI is InChI=1S/C16H22N4O/c1-13-18-16(19-21-13)11-17-15-8-10-20(12-15)9-7-14-5-3-2-4-6-14/h2-6,15,17H,7-12H2,1H3. The molecule has 0 amide bonds. The van der Waals surface area contributed by atoms with E-state index >= 15 is 0 Å². The first kappa shape index (κ1) is 14.2. The second-order valence-corrected chi connectivity index (χ2v) is 5.63. The number of nitrogens with one attached hydrogen (secondary N) is 1.